The SMILES string of the molecule is c1nc2c(cc1C1CCCN1)ncn2C1CC1. The topological polar surface area (TPSA) is 42.7 Å². The number of nitrogens with zero attached hydrogens (tertiary/aromatic N) is 3. The summed E-state index contributed by atoms with van der Waals surface area (Å²) in [6, 6.07) is 3.34. The van der Waals surface area contributed by atoms with Crippen LogP contribution in [0.25, 0.3) is 11.2 Å². The molecule has 1 atom stereocenters. The number of fused-ring (bicyclic) bond motifs is 1. The van der Waals surface area contributed by atoms with Crippen molar-refractivity contribution in [2.24, 2.45) is 0 Å². The number of hydrogen-bond donors (Lipinski definition) is 1. The minimum absolute atomic E-state index is 0.484. The third kappa shape index (κ3) is 1.55. The Kier molecular flexibility index (Phi) is 1.99. The molecular weight excluding hydrogens is 212 g/mol. The van der Waals surface area contributed by atoms with Crippen LogP contribution >= 0.6 is 0 Å². The fourth-order valence-corrected chi connectivity index (χ4v) is 2.71. The van der Waals surface area contributed by atoms with Gasteiger partial charge in [0.2, 0.25) is 0 Å². The molecule has 4 nitrogen and oxygen atoms in total. The molecule has 4 heteroatoms. The van der Waals surface area contributed by atoms with Gasteiger partial charge >= 0.3 is 0 Å². The van der Waals surface area contributed by atoms with E-state index in [0.29, 0.717) is 12.1 Å². The van der Waals surface area contributed by atoms with E-state index in [1.165, 1.54) is 31.2 Å². The summed E-state index contributed by atoms with van der Waals surface area (Å²) in [6.45, 7) is 1.12. The molecule has 3 heterocycles. The van der Waals surface area contributed by atoms with Crippen molar-refractivity contribution in [2.45, 2.75) is 37.8 Å². The minimum atomic E-state index is 0.484. The van der Waals surface area contributed by atoms with Crippen LogP contribution < -0.4 is 5.32 Å². The van der Waals surface area contributed by atoms with Gasteiger partial charge in [-0.05, 0) is 43.9 Å². The first-order valence-corrected chi connectivity index (χ1v) is 6.48. The molecule has 0 aromatic carbocycles. The van der Waals surface area contributed by atoms with Crippen LogP contribution in [0.4, 0.5) is 0 Å². The number of pyridine rings is 1. The summed E-state index contributed by atoms with van der Waals surface area (Å²) in [6.07, 6.45) is 9.00. The molecule has 0 bridgehead atoms. The molecule has 1 N–H and O–H groups in total. The third-order valence-electron chi connectivity index (χ3n) is 3.84. The van der Waals surface area contributed by atoms with E-state index in [0.717, 1.165) is 17.7 Å². The van der Waals surface area contributed by atoms with Crippen molar-refractivity contribution in [3.05, 3.63) is 24.2 Å². The molecule has 2 fully saturated rings. The van der Waals surface area contributed by atoms with Crippen molar-refractivity contribution >= 4 is 11.2 Å². The largest absolute Gasteiger partial charge is 0.312 e. The van der Waals surface area contributed by atoms with Crippen LogP contribution in [0.3, 0.4) is 0 Å². The Morgan fingerprint density at radius 1 is 1.24 bits per heavy atom. The highest BCUT2D eigenvalue weighted by Crippen LogP contribution is 2.36. The lowest BCUT2D eigenvalue weighted by molar-refractivity contribution is 0.645. The molecule has 17 heavy (non-hydrogen) atoms. The number of aromatic nitrogens is 3. The molecule has 2 aromatic rings. The van der Waals surface area contributed by atoms with Crippen LogP contribution in [0.5, 0.6) is 0 Å². The molecule has 4 rings (SSSR count). The molecule has 1 aliphatic carbocycles. The summed E-state index contributed by atoms with van der Waals surface area (Å²) in [5.41, 5.74) is 3.38. The monoisotopic (exact) mass is 228 g/mol. The minimum Gasteiger partial charge on any atom is -0.312 e. The number of rotatable bonds is 2. The Bertz CT molecular complexity index is 550. The van der Waals surface area contributed by atoms with Gasteiger partial charge in [-0.25, -0.2) is 9.97 Å². The molecule has 2 aliphatic rings. The molecule has 1 saturated heterocycles. The Morgan fingerprint density at radius 2 is 2.18 bits per heavy atom. The van der Waals surface area contributed by atoms with Gasteiger partial charge in [-0.15, -0.1) is 0 Å². The highest BCUT2D eigenvalue weighted by molar-refractivity contribution is 5.71. The van der Waals surface area contributed by atoms with Crippen LogP contribution in [0.2, 0.25) is 0 Å². The van der Waals surface area contributed by atoms with Gasteiger partial charge in [-0.3, -0.25) is 0 Å². The zero-order valence-corrected chi connectivity index (χ0v) is 9.76. The first-order valence-electron chi connectivity index (χ1n) is 6.48. The molecule has 1 aliphatic heterocycles. The lowest BCUT2D eigenvalue weighted by Gasteiger charge is -2.09. The van der Waals surface area contributed by atoms with E-state index >= 15 is 0 Å². The standard InChI is InChI=1S/C13H16N4/c1-2-11(14-5-1)9-6-12-13(15-7-9)17(8-16-12)10-3-4-10/h6-8,10-11,14H,1-5H2. The zero-order valence-electron chi connectivity index (χ0n) is 9.76. The van der Waals surface area contributed by atoms with E-state index in [-0.39, 0.29) is 0 Å². The summed E-state index contributed by atoms with van der Waals surface area (Å²) in [7, 11) is 0. The van der Waals surface area contributed by atoms with E-state index < -0.39 is 0 Å². The van der Waals surface area contributed by atoms with Crippen molar-refractivity contribution in [1.29, 1.82) is 0 Å². The first kappa shape index (κ1) is 9.59. The van der Waals surface area contributed by atoms with Crippen LogP contribution in [0.1, 0.15) is 43.3 Å². The van der Waals surface area contributed by atoms with E-state index in [2.05, 4.69) is 25.9 Å². The van der Waals surface area contributed by atoms with E-state index in [1.807, 2.05) is 12.5 Å². The Hall–Kier alpha value is -1.42. The number of imidazole rings is 1. The van der Waals surface area contributed by atoms with E-state index in [4.69, 9.17) is 0 Å². The summed E-state index contributed by atoms with van der Waals surface area (Å²) in [5.74, 6) is 0. The fourth-order valence-electron chi connectivity index (χ4n) is 2.71. The van der Waals surface area contributed by atoms with E-state index in [9.17, 15) is 0 Å². The Balaban J connectivity index is 1.76. The Morgan fingerprint density at radius 3 is 2.94 bits per heavy atom. The van der Waals surface area contributed by atoms with Crippen LogP contribution in [0.15, 0.2) is 18.6 Å². The predicted octanol–water partition coefficient (Wildman–Crippen LogP) is 2.19. The molecular formula is C13H16N4. The summed E-state index contributed by atoms with van der Waals surface area (Å²) in [5, 5.41) is 3.50. The maximum Gasteiger partial charge on any atom is 0.160 e. The van der Waals surface area contributed by atoms with Crippen LogP contribution in [-0.4, -0.2) is 21.1 Å². The van der Waals surface area contributed by atoms with Gasteiger partial charge < -0.3 is 9.88 Å². The fraction of sp³-hybridized carbons (Fsp3) is 0.538. The average molecular weight is 228 g/mol. The van der Waals surface area contributed by atoms with Crippen molar-refractivity contribution in [3.8, 4) is 0 Å². The second-order valence-corrected chi connectivity index (χ2v) is 5.14. The quantitative estimate of drug-likeness (QED) is 0.856. The van der Waals surface area contributed by atoms with Gasteiger partial charge in [0.25, 0.3) is 0 Å². The van der Waals surface area contributed by atoms with Crippen molar-refractivity contribution in [1.82, 2.24) is 19.9 Å². The molecule has 1 saturated carbocycles. The van der Waals surface area contributed by atoms with Gasteiger partial charge in [-0.2, -0.15) is 0 Å². The highest BCUT2D eigenvalue weighted by Gasteiger charge is 2.26. The summed E-state index contributed by atoms with van der Waals surface area (Å²) in [4.78, 5) is 9.09. The highest BCUT2D eigenvalue weighted by atomic mass is 15.1. The summed E-state index contributed by atoms with van der Waals surface area (Å²) < 4.78 is 2.22. The normalized spacial score (nSPS) is 24.6. The molecule has 88 valence electrons. The molecule has 1 unspecified atom stereocenters. The zero-order chi connectivity index (χ0) is 11.2. The third-order valence-corrected chi connectivity index (χ3v) is 3.84. The van der Waals surface area contributed by atoms with E-state index in [1.54, 1.807) is 0 Å². The molecule has 0 amide bonds. The second-order valence-electron chi connectivity index (χ2n) is 5.14. The average Bonchev–Trinajstić information content (AvgIpc) is 2.93. The maximum atomic E-state index is 4.61. The molecule has 2 aromatic heterocycles. The molecule has 0 spiro atoms. The van der Waals surface area contributed by atoms with Gasteiger partial charge in [0, 0.05) is 18.3 Å². The van der Waals surface area contributed by atoms with Crippen molar-refractivity contribution in [2.75, 3.05) is 6.54 Å². The summed E-state index contributed by atoms with van der Waals surface area (Å²) >= 11 is 0. The first-order chi connectivity index (χ1) is 8.42. The van der Waals surface area contributed by atoms with Crippen LogP contribution in [0, 0.1) is 0 Å². The van der Waals surface area contributed by atoms with Crippen LogP contribution in [-0.2, 0) is 0 Å². The van der Waals surface area contributed by atoms with Gasteiger partial charge in [0.15, 0.2) is 5.65 Å². The second kappa shape index (κ2) is 3.53. The lowest BCUT2D eigenvalue weighted by Crippen LogP contribution is -2.13. The van der Waals surface area contributed by atoms with Gasteiger partial charge in [0.1, 0.15) is 5.52 Å². The Labute approximate surface area is 100 Å². The predicted molar refractivity (Wildman–Crippen MR) is 65.8 cm³/mol. The van der Waals surface area contributed by atoms with Gasteiger partial charge in [0.05, 0.1) is 6.33 Å². The van der Waals surface area contributed by atoms with Crippen molar-refractivity contribution < 1.29 is 0 Å². The number of nitrogens with one attached hydrogen (secondary N) is 1. The lowest BCUT2D eigenvalue weighted by atomic mass is 10.1. The van der Waals surface area contributed by atoms with Crippen molar-refractivity contribution in [3.63, 3.8) is 0 Å². The number of hydrogen-bond acceptors (Lipinski definition) is 3. The smallest absolute Gasteiger partial charge is 0.160 e. The molecule has 0 radical (unpaired) electrons. The van der Waals surface area contributed by atoms with Gasteiger partial charge in [-0.1, -0.05) is 0 Å². The maximum absolute atomic E-state index is 4.61.